The van der Waals surface area contributed by atoms with Gasteiger partial charge in [0.05, 0.1) is 37.2 Å². The van der Waals surface area contributed by atoms with Crippen molar-refractivity contribution in [1.29, 1.82) is 0 Å². The molecule has 0 aliphatic heterocycles. The van der Waals surface area contributed by atoms with Crippen molar-refractivity contribution in [3.05, 3.63) is 28.0 Å². The predicted molar refractivity (Wildman–Crippen MR) is 68.0 cm³/mol. The molecule has 6 nitrogen and oxygen atoms in total. The van der Waals surface area contributed by atoms with E-state index in [1.165, 1.54) is 20.4 Å². The largest absolute Gasteiger partial charge is 0.480 e. The molecule has 96 valence electrons. The van der Waals surface area contributed by atoms with Crippen LogP contribution in [0.2, 0.25) is 0 Å². The molecule has 2 heterocycles. The maximum Gasteiger partial charge on any atom is 0.240 e. The molecule has 0 amide bonds. The maximum atomic E-state index is 6.12. The fourth-order valence-corrected chi connectivity index (χ4v) is 2.14. The molecule has 0 radical (unpaired) electrons. The molecule has 0 aliphatic carbocycles. The van der Waals surface area contributed by atoms with Gasteiger partial charge in [0.2, 0.25) is 11.8 Å². The van der Waals surface area contributed by atoms with Crippen molar-refractivity contribution in [2.45, 2.75) is 13.0 Å². The molecule has 2 aromatic heterocycles. The molecule has 2 aromatic rings. The van der Waals surface area contributed by atoms with Crippen LogP contribution in [0, 0.1) is 6.92 Å². The van der Waals surface area contributed by atoms with Crippen LogP contribution in [-0.2, 0) is 0 Å². The lowest BCUT2D eigenvalue weighted by Gasteiger charge is -2.12. The highest BCUT2D eigenvalue weighted by Gasteiger charge is 2.20. The Bertz CT molecular complexity index is 544. The Labute approximate surface area is 109 Å². The molecule has 2 rings (SSSR count). The summed E-state index contributed by atoms with van der Waals surface area (Å²) in [7, 11) is 3.04. The molecule has 0 saturated heterocycles. The molecular weight excluding hydrogens is 252 g/mol. The van der Waals surface area contributed by atoms with Crippen LogP contribution in [-0.4, -0.2) is 29.2 Å². The van der Waals surface area contributed by atoms with Gasteiger partial charge in [-0.3, -0.25) is 0 Å². The van der Waals surface area contributed by atoms with Crippen molar-refractivity contribution >= 4 is 11.3 Å². The Kier molecular flexibility index (Phi) is 3.73. The quantitative estimate of drug-likeness (QED) is 0.898. The average Bonchev–Trinajstić information content (AvgIpc) is 2.83. The number of hydrogen-bond acceptors (Lipinski definition) is 7. The van der Waals surface area contributed by atoms with Crippen molar-refractivity contribution in [3.8, 4) is 11.8 Å². The normalized spacial score (nSPS) is 12.2. The Morgan fingerprint density at radius 1 is 1.28 bits per heavy atom. The minimum absolute atomic E-state index is 0.354. The topological polar surface area (TPSA) is 83.2 Å². The van der Waals surface area contributed by atoms with Gasteiger partial charge in [-0.25, -0.2) is 9.97 Å². The van der Waals surface area contributed by atoms with Crippen molar-refractivity contribution in [2.75, 3.05) is 14.2 Å². The van der Waals surface area contributed by atoms with Crippen LogP contribution < -0.4 is 15.2 Å². The second kappa shape index (κ2) is 5.28. The van der Waals surface area contributed by atoms with Gasteiger partial charge in [-0.15, -0.1) is 11.3 Å². The van der Waals surface area contributed by atoms with Crippen LogP contribution in [0.5, 0.6) is 11.8 Å². The molecule has 0 saturated carbocycles. The van der Waals surface area contributed by atoms with Crippen molar-refractivity contribution in [1.82, 2.24) is 15.0 Å². The Hall–Kier alpha value is -1.73. The zero-order valence-corrected chi connectivity index (χ0v) is 11.2. The van der Waals surface area contributed by atoms with E-state index in [-0.39, 0.29) is 0 Å². The third kappa shape index (κ3) is 2.41. The Morgan fingerprint density at radius 3 is 2.61 bits per heavy atom. The fourth-order valence-electron chi connectivity index (χ4n) is 1.49. The smallest absolute Gasteiger partial charge is 0.240 e. The second-order valence-electron chi connectivity index (χ2n) is 3.58. The number of aryl methyl sites for hydroxylation is 1. The molecule has 18 heavy (non-hydrogen) atoms. The predicted octanol–water partition coefficient (Wildman–Crippen LogP) is 1.31. The van der Waals surface area contributed by atoms with E-state index in [4.69, 9.17) is 15.2 Å². The third-order valence-electron chi connectivity index (χ3n) is 2.40. The van der Waals surface area contributed by atoms with Gasteiger partial charge in [-0.05, 0) is 6.92 Å². The molecule has 0 spiro atoms. The molecule has 1 unspecified atom stereocenters. The molecule has 0 aliphatic rings. The van der Waals surface area contributed by atoms with E-state index in [1.54, 1.807) is 11.3 Å². The lowest BCUT2D eigenvalue weighted by atomic mass is 10.2. The van der Waals surface area contributed by atoms with E-state index in [0.29, 0.717) is 17.5 Å². The monoisotopic (exact) mass is 266 g/mol. The van der Waals surface area contributed by atoms with Gasteiger partial charge in [0.25, 0.3) is 0 Å². The first-order chi connectivity index (χ1) is 8.65. The van der Waals surface area contributed by atoms with E-state index in [0.717, 1.165) is 10.7 Å². The summed E-state index contributed by atoms with van der Waals surface area (Å²) in [5, 5.41) is 2.87. The number of aromatic nitrogens is 3. The van der Waals surface area contributed by atoms with Crippen molar-refractivity contribution < 1.29 is 9.47 Å². The highest BCUT2D eigenvalue weighted by Crippen LogP contribution is 2.26. The number of rotatable bonds is 4. The third-order valence-corrected chi connectivity index (χ3v) is 3.19. The van der Waals surface area contributed by atoms with E-state index in [2.05, 4.69) is 15.0 Å². The van der Waals surface area contributed by atoms with Gasteiger partial charge < -0.3 is 15.2 Å². The van der Waals surface area contributed by atoms with Crippen LogP contribution in [0.1, 0.15) is 22.4 Å². The van der Waals surface area contributed by atoms with E-state index in [1.807, 2.05) is 12.3 Å². The Balaban J connectivity index is 2.38. The molecule has 0 aromatic carbocycles. The minimum Gasteiger partial charge on any atom is -0.480 e. The SMILES string of the molecule is COc1cnc(C(N)c2csc(C)n2)c(OC)n1. The highest BCUT2D eigenvalue weighted by molar-refractivity contribution is 7.09. The lowest BCUT2D eigenvalue weighted by molar-refractivity contribution is 0.355. The average molecular weight is 266 g/mol. The summed E-state index contributed by atoms with van der Waals surface area (Å²) in [6.07, 6.45) is 1.51. The molecular formula is C11H14N4O2S. The lowest BCUT2D eigenvalue weighted by Crippen LogP contribution is -2.16. The van der Waals surface area contributed by atoms with Gasteiger partial charge >= 0.3 is 0 Å². The number of thiazole rings is 1. The number of methoxy groups -OCH3 is 2. The summed E-state index contributed by atoms with van der Waals surface area (Å²) < 4.78 is 10.2. The summed E-state index contributed by atoms with van der Waals surface area (Å²) in [6.45, 7) is 1.93. The first-order valence-corrected chi connectivity index (χ1v) is 6.16. The first-order valence-electron chi connectivity index (χ1n) is 5.28. The van der Waals surface area contributed by atoms with Gasteiger partial charge in [-0.1, -0.05) is 0 Å². The molecule has 0 fully saturated rings. The summed E-state index contributed by atoms with van der Waals surface area (Å²) in [4.78, 5) is 12.7. The van der Waals surface area contributed by atoms with Crippen LogP contribution in [0.25, 0.3) is 0 Å². The van der Waals surface area contributed by atoms with Crippen LogP contribution in [0.3, 0.4) is 0 Å². The summed E-state index contributed by atoms with van der Waals surface area (Å²) in [6, 6.07) is -0.455. The van der Waals surface area contributed by atoms with Crippen LogP contribution >= 0.6 is 11.3 Å². The number of nitrogens with two attached hydrogens (primary N) is 1. The molecule has 0 bridgehead atoms. The zero-order valence-electron chi connectivity index (χ0n) is 10.4. The van der Waals surface area contributed by atoms with Gasteiger partial charge in [-0.2, -0.15) is 4.98 Å². The van der Waals surface area contributed by atoms with E-state index < -0.39 is 6.04 Å². The van der Waals surface area contributed by atoms with Crippen LogP contribution in [0.15, 0.2) is 11.6 Å². The van der Waals surface area contributed by atoms with E-state index in [9.17, 15) is 0 Å². The van der Waals surface area contributed by atoms with Crippen molar-refractivity contribution in [3.63, 3.8) is 0 Å². The van der Waals surface area contributed by atoms with Gasteiger partial charge in [0.15, 0.2) is 0 Å². The molecule has 1 atom stereocenters. The maximum absolute atomic E-state index is 6.12. The molecule has 7 heteroatoms. The van der Waals surface area contributed by atoms with Gasteiger partial charge in [0.1, 0.15) is 5.69 Å². The second-order valence-corrected chi connectivity index (χ2v) is 4.64. The Morgan fingerprint density at radius 2 is 2.06 bits per heavy atom. The summed E-state index contributed by atoms with van der Waals surface area (Å²) >= 11 is 1.54. The number of hydrogen-bond donors (Lipinski definition) is 1. The van der Waals surface area contributed by atoms with E-state index >= 15 is 0 Å². The standard InChI is InChI=1S/C11H14N4O2S/c1-6-14-7(5-18-6)9(12)10-11(17-3)15-8(16-2)4-13-10/h4-5,9H,12H2,1-3H3. The first kappa shape index (κ1) is 12.7. The van der Waals surface area contributed by atoms with Gasteiger partial charge in [0, 0.05) is 5.38 Å². The highest BCUT2D eigenvalue weighted by atomic mass is 32.1. The zero-order chi connectivity index (χ0) is 13.1. The number of nitrogens with zero attached hydrogens (tertiary/aromatic N) is 3. The fraction of sp³-hybridized carbons (Fsp3) is 0.364. The molecule has 2 N–H and O–H groups in total. The van der Waals surface area contributed by atoms with Crippen molar-refractivity contribution in [2.24, 2.45) is 5.73 Å². The minimum atomic E-state index is -0.455. The van der Waals surface area contributed by atoms with Crippen LogP contribution in [0.4, 0.5) is 0 Å². The number of ether oxygens (including phenoxy) is 2. The summed E-state index contributed by atoms with van der Waals surface area (Å²) in [5.74, 6) is 0.741. The summed E-state index contributed by atoms with van der Waals surface area (Å²) in [5.41, 5.74) is 7.42.